The molecule has 0 saturated heterocycles. The SMILES string of the molecule is Fc1cccc(SCc2nc(C3CC3)cs2)c1. The van der Waals surface area contributed by atoms with E-state index in [0.717, 1.165) is 21.6 Å². The fourth-order valence-corrected chi connectivity index (χ4v) is 3.49. The summed E-state index contributed by atoms with van der Waals surface area (Å²) in [5.74, 6) is 1.38. The minimum Gasteiger partial charge on any atom is -0.245 e. The van der Waals surface area contributed by atoms with Crippen LogP contribution in [0, 0.1) is 5.82 Å². The predicted molar refractivity (Wildman–Crippen MR) is 70.1 cm³/mol. The summed E-state index contributed by atoms with van der Waals surface area (Å²) in [6.45, 7) is 0. The molecular weight excluding hydrogens is 253 g/mol. The molecule has 0 aliphatic heterocycles. The number of thioether (sulfide) groups is 1. The summed E-state index contributed by atoms with van der Waals surface area (Å²) in [6.07, 6.45) is 2.58. The number of rotatable bonds is 4. The fourth-order valence-electron chi connectivity index (χ4n) is 1.66. The predicted octanol–water partition coefficient (Wildman–Crippen LogP) is 4.45. The zero-order valence-corrected chi connectivity index (χ0v) is 10.9. The topological polar surface area (TPSA) is 12.9 Å². The van der Waals surface area contributed by atoms with E-state index in [1.54, 1.807) is 35.2 Å². The summed E-state index contributed by atoms with van der Waals surface area (Å²) < 4.78 is 13.0. The first-order valence-electron chi connectivity index (χ1n) is 5.64. The van der Waals surface area contributed by atoms with E-state index in [0.29, 0.717) is 0 Å². The Morgan fingerprint density at radius 3 is 3.06 bits per heavy atom. The minimum atomic E-state index is -0.173. The number of hydrogen-bond acceptors (Lipinski definition) is 3. The standard InChI is InChI=1S/C13H12FNS2/c14-10-2-1-3-11(6-10)16-8-13-15-12(7-17-13)9-4-5-9/h1-3,6-7,9H,4-5,8H2. The molecule has 2 aromatic rings. The molecule has 0 spiro atoms. The Balaban J connectivity index is 1.62. The maximum atomic E-state index is 13.0. The van der Waals surface area contributed by atoms with Crippen molar-refractivity contribution in [2.24, 2.45) is 0 Å². The maximum Gasteiger partial charge on any atom is 0.124 e. The van der Waals surface area contributed by atoms with Gasteiger partial charge in [0.1, 0.15) is 10.8 Å². The van der Waals surface area contributed by atoms with Gasteiger partial charge in [-0.15, -0.1) is 23.1 Å². The molecule has 0 amide bonds. The monoisotopic (exact) mass is 265 g/mol. The molecule has 1 heterocycles. The summed E-state index contributed by atoms with van der Waals surface area (Å²) in [5, 5.41) is 3.31. The van der Waals surface area contributed by atoms with Gasteiger partial charge >= 0.3 is 0 Å². The van der Waals surface area contributed by atoms with E-state index in [-0.39, 0.29) is 5.82 Å². The van der Waals surface area contributed by atoms with Gasteiger partial charge in [-0.2, -0.15) is 0 Å². The number of thiazole rings is 1. The van der Waals surface area contributed by atoms with Crippen LogP contribution in [0.1, 0.15) is 29.5 Å². The van der Waals surface area contributed by atoms with Crippen molar-refractivity contribution in [2.45, 2.75) is 29.4 Å². The molecule has 1 aromatic heterocycles. The van der Waals surface area contributed by atoms with Gasteiger partial charge < -0.3 is 0 Å². The fraction of sp³-hybridized carbons (Fsp3) is 0.308. The van der Waals surface area contributed by atoms with E-state index in [2.05, 4.69) is 10.4 Å². The van der Waals surface area contributed by atoms with Gasteiger partial charge in [-0.3, -0.25) is 0 Å². The van der Waals surface area contributed by atoms with Crippen LogP contribution < -0.4 is 0 Å². The lowest BCUT2D eigenvalue weighted by Crippen LogP contribution is -1.83. The zero-order valence-electron chi connectivity index (χ0n) is 9.23. The third-order valence-electron chi connectivity index (χ3n) is 2.72. The molecule has 1 aromatic carbocycles. The van der Waals surface area contributed by atoms with E-state index in [1.165, 1.54) is 24.6 Å². The molecule has 0 radical (unpaired) electrons. The first kappa shape index (κ1) is 11.2. The highest BCUT2D eigenvalue weighted by molar-refractivity contribution is 7.98. The number of aromatic nitrogens is 1. The Bertz CT molecular complexity index is 520. The molecule has 3 rings (SSSR count). The Kier molecular flexibility index (Phi) is 3.16. The van der Waals surface area contributed by atoms with Crippen LogP contribution in [0.5, 0.6) is 0 Å². The van der Waals surface area contributed by atoms with E-state index in [4.69, 9.17) is 0 Å². The maximum absolute atomic E-state index is 13.0. The third-order valence-corrected chi connectivity index (χ3v) is 4.78. The second-order valence-corrected chi connectivity index (χ2v) is 6.18. The highest BCUT2D eigenvalue weighted by Gasteiger charge is 2.25. The Labute approximate surface area is 108 Å². The molecule has 1 nitrogen and oxygen atoms in total. The van der Waals surface area contributed by atoms with Crippen LogP contribution in [0.4, 0.5) is 4.39 Å². The molecule has 0 N–H and O–H groups in total. The number of nitrogens with zero attached hydrogens (tertiary/aromatic N) is 1. The molecule has 4 heteroatoms. The normalized spacial score (nSPS) is 15.1. The van der Waals surface area contributed by atoms with Crippen molar-refractivity contribution in [3.63, 3.8) is 0 Å². The second-order valence-electron chi connectivity index (χ2n) is 4.19. The lowest BCUT2D eigenvalue weighted by Gasteiger charge is -1.98. The highest BCUT2D eigenvalue weighted by Crippen LogP contribution is 2.40. The molecular formula is C13H12FNS2. The highest BCUT2D eigenvalue weighted by atomic mass is 32.2. The van der Waals surface area contributed by atoms with E-state index in [9.17, 15) is 4.39 Å². The summed E-state index contributed by atoms with van der Waals surface area (Å²) in [6, 6.07) is 6.72. The van der Waals surface area contributed by atoms with Crippen molar-refractivity contribution in [1.82, 2.24) is 4.98 Å². The molecule has 88 valence electrons. The Morgan fingerprint density at radius 1 is 1.41 bits per heavy atom. The Morgan fingerprint density at radius 2 is 2.29 bits per heavy atom. The van der Waals surface area contributed by atoms with Crippen molar-refractivity contribution in [2.75, 3.05) is 0 Å². The molecule has 1 aliphatic carbocycles. The smallest absolute Gasteiger partial charge is 0.124 e. The van der Waals surface area contributed by atoms with E-state index < -0.39 is 0 Å². The van der Waals surface area contributed by atoms with Crippen molar-refractivity contribution < 1.29 is 4.39 Å². The number of hydrogen-bond donors (Lipinski definition) is 0. The molecule has 0 atom stereocenters. The molecule has 1 aliphatic rings. The molecule has 1 fully saturated rings. The first-order valence-corrected chi connectivity index (χ1v) is 7.50. The van der Waals surface area contributed by atoms with Crippen molar-refractivity contribution in [3.05, 3.63) is 46.2 Å². The van der Waals surface area contributed by atoms with Gasteiger partial charge in [-0.05, 0) is 31.0 Å². The van der Waals surface area contributed by atoms with Gasteiger partial charge in [-0.25, -0.2) is 9.37 Å². The molecule has 0 unspecified atom stereocenters. The van der Waals surface area contributed by atoms with Crippen molar-refractivity contribution in [3.8, 4) is 0 Å². The molecule has 17 heavy (non-hydrogen) atoms. The van der Waals surface area contributed by atoms with Crippen LogP contribution >= 0.6 is 23.1 Å². The zero-order chi connectivity index (χ0) is 11.7. The van der Waals surface area contributed by atoms with E-state index in [1.807, 2.05) is 6.07 Å². The van der Waals surface area contributed by atoms with Crippen LogP contribution in [0.2, 0.25) is 0 Å². The van der Waals surface area contributed by atoms with Gasteiger partial charge in [0.05, 0.1) is 11.4 Å². The minimum absolute atomic E-state index is 0.173. The lowest BCUT2D eigenvalue weighted by molar-refractivity contribution is 0.624. The van der Waals surface area contributed by atoms with Crippen LogP contribution in [0.25, 0.3) is 0 Å². The van der Waals surface area contributed by atoms with Crippen molar-refractivity contribution in [1.29, 1.82) is 0 Å². The van der Waals surface area contributed by atoms with E-state index >= 15 is 0 Å². The average Bonchev–Trinajstić information content (AvgIpc) is 3.07. The van der Waals surface area contributed by atoms with Crippen LogP contribution in [-0.4, -0.2) is 4.98 Å². The third kappa shape index (κ3) is 2.87. The largest absolute Gasteiger partial charge is 0.245 e. The van der Waals surface area contributed by atoms with Crippen LogP contribution in [0.3, 0.4) is 0 Å². The van der Waals surface area contributed by atoms with Gasteiger partial charge in [0, 0.05) is 16.2 Å². The summed E-state index contributed by atoms with van der Waals surface area (Å²) in [4.78, 5) is 5.58. The molecule has 0 bridgehead atoms. The van der Waals surface area contributed by atoms with Crippen molar-refractivity contribution >= 4 is 23.1 Å². The first-order chi connectivity index (χ1) is 8.31. The lowest BCUT2D eigenvalue weighted by atomic mass is 10.3. The van der Waals surface area contributed by atoms with Gasteiger partial charge in [-0.1, -0.05) is 6.07 Å². The summed E-state index contributed by atoms with van der Waals surface area (Å²) in [5.41, 5.74) is 1.25. The number of halogens is 1. The average molecular weight is 265 g/mol. The Hall–Kier alpha value is -0.870. The second kappa shape index (κ2) is 4.78. The van der Waals surface area contributed by atoms with Gasteiger partial charge in [0.2, 0.25) is 0 Å². The van der Waals surface area contributed by atoms with Gasteiger partial charge in [0.25, 0.3) is 0 Å². The number of benzene rings is 1. The van der Waals surface area contributed by atoms with Crippen LogP contribution in [-0.2, 0) is 5.75 Å². The quantitative estimate of drug-likeness (QED) is 0.757. The van der Waals surface area contributed by atoms with Crippen LogP contribution in [0.15, 0.2) is 34.5 Å². The van der Waals surface area contributed by atoms with Gasteiger partial charge in [0.15, 0.2) is 0 Å². The summed E-state index contributed by atoms with van der Waals surface area (Å²) in [7, 11) is 0. The molecule has 1 saturated carbocycles. The summed E-state index contributed by atoms with van der Waals surface area (Å²) >= 11 is 3.36.